The van der Waals surface area contributed by atoms with Crippen LogP contribution in [0.3, 0.4) is 0 Å². The highest BCUT2D eigenvalue weighted by molar-refractivity contribution is 7.83. The second-order valence-corrected chi connectivity index (χ2v) is 4.32. The van der Waals surface area contributed by atoms with Crippen molar-refractivity contribution in [1.82, 2.24) is 4.31 Å². The lowest BCUT2D eigenvalue weighted by atomic mass is 10.0. The predicted molar refractivity (Wildman–Crippen MR) is 42.0 cm³/mol. The van der Waals surface area contributed by atoms with Crippen LogP contribution in [0.4, 0.5) is 3.89 Å². The topological polar surface area (TPSA) is 74.7 Å². The highest BCUT2D eigenvalue weighted by Crippen LogP contribution is 2.19. The second kappa shape index (κ2) is 3.59. The highest BCUT2D eigenvalue weighted by Gasteiger charge is 2.31. The summed E-state index contributed by atoms with van der Waals surface area (Å²) in [5.74, 6) is -1.85. The third kappa shape index (κ3) is 2.63. The molecule has 76 valence electrons. The van der Waals surface area contributed by atoms with Crippen molar-refractivity contribution >= 4 is 16.4 Å². The van der Waals surface area contributed by atoms with Gasteiger partial charge in [-0.25, -0.2) is 0 Å². The summed E-state index contributed by atoms with van der Waals surface area (Å²) in [6, 6.07) is 0. The van der Waals surface area contributed by atoms with E-state index in [4.69, 9.17) is 5.11 Å². The molecule has 1 atom stereocenters. The molecule has 1 unspecified atom stereocenters. The number of rotatable bonds is 2. The van der Waals surface area contributed by atoms with Gasteiger partial charge in [-0.1, -0.05) is 3.89 Å². The Bertz CT molecular complexity index is 302. The van der Waals surface area contributed by atoms with Crippen molar-refractivity contribution < 1.29 is 22.2 Å². The molecule has 5 nitrogen and oxygen atoms in total. The molecule has 0 saturated carbocycles. The van der Waals surface area contributed by atoms with E-state index in [0.717, 1.165) is 0 Å². The maximum absolute atomic E-state index is 12.4. The van der Waals surface area contributed by atoms with Crippen LogP contribution in [0.1, 0.15) is 12.8 Å². The van der Waals surface area contributed by atoms with Gasteiger partial charge in [0.25, 0.3) is 0 Å². The van der Waals surface area contributed by atoms with E-state index in [1.165, 1.54) is 0 Å². The summed E-state index contributed by atoms with van der Waals surface area (Å²) in [6.45, 7) is -0.184. The van der Waals surface area contributed by atoms with Gasteiger partial charge in [-0.2, -0.15) is 12.7 Å². The van der Waals surface area contributed by atoms with Crippen molar-refractivity contribution in [2.75, 3.05) is 13.1 Å². The van der Waals surface area contributed by atoms with Gasteiger partial charge in [-0.3, -0.25) is 4.79 Å². The number of carboxylic acids is 1. The van der Waals surface area contributed by atoms with Gasteiger partial charge in [-0.05, 0) is 12.8 Å². The zero-order valence-electron chi connectivity index (χ0n) is 6.81. The highest BCUT2D eigenvalue weighted by atomic mass is 32.3. The minimum atomic E-state index is -4.72. The van der Waals surface area contributed by atoms with Crippen LogP contribution in [0.25, 0.3) is 0 Å². The Hall–Kier alpha value is -0.690. The zero-order valence-corrected chi connectivity index (χ0v) is 7.63. The molecule has 1 aliphatic rings. The SMILES string of the molecule is O=C(O)C1CCCN(S(=O)(=O)F)C1. The molecule has 0 amide bonds. The zero-order chi connectivity index (χ0) is 10.1. The molecule has 0 aliphatic carbocycles. The second-order valence-electron chi connectivity index (χ2n) is 2.98. The Morgan fingerprint density at radius 1 is 1.54 bits per heavy atom. The van der Waals surface area contributed by atoms with E-state index in [-0.39, 0.29) is 13.1 Å². The lowest BCUT2D eigenvalue weighted by molar-refractivity contribution is -0.142. The van der Waals surface area contributed by atoms with Gasteiger partial charge < -0.3 is 5.11 Å². The fourth-order valence-electron chi connectivity index (χ4n) is 1.34. The van der Waals surface area contributed by atoms with Crippen LogP contribution < -0.4 is 0 Å². The Balaban J connectivity index is 2.67. The molecule has 0 aromatic heterocycles. The van der Waals surface area contributed by atoms with Crippen molar-refractivity contribution in [1.29, 1.82) is 0 Å². The van der Waals surface area contributed by atoms with Crippen molar-refractivity contribution in [3.05, 3.63) is 0 Å². The molecule has 13 heavy (non-hydrogen) atoms. The molecule has 0 radical (unpaired) electrons. The summed E-state index contributed by atoms with van der Waals surface area (Å²) in [4.78, 5) is 10.5. The number of carbonyl (C=O) groups is 1. The van der Waals surface area contributed by atoms with Crippen molar-refractivity contribution in [2.45, 2.75) is 12.8 Å². The van der Waals surface area contributed by atoms with Crippen molar-refractivity contribution in [3.63, 3.8) is 0 Å². The van der Waals surface area contributed by atoms with E-state index in [1.54, 1.807) is 0 Å². The first-order valence-corrected chi connectivity index (χ1v) is 5.18. The average Bonchev–Trinajstić information content (AvgIpc) is 2.03. The number of halogens is 1. The third-order valence-electron chi connectivity index (χ3n) is 2.04. The normalized spacial score (nSPS) is 25.8. The van der Waals surface area contributed by atoms with Crippen molar-refractivity contribution in [2.24, 2.45) is 5.92 Å². The molecule has 1 rings (SSSR count). The molecule has 0 spiro atoms. The van der Waals surface area contributed by atoms with Gasteiger partial charge in [0.2, 0.25) is 0 Å². The maximum Gasteiger partial charge on any atom is 0.374 e. The Kier molecular flexibility index (Phi) is 2.87. The predicted octanol–water partition coefficient (Wildman–Crippen LogP) is -0.00270. The van der Waals surface area contributed by atoms with E-state index in [0.29, 0.717) is 17.1 Å². The fourth-order valence-corrected chi connectivity index (χ4v) is 2.05. The van der Waals surface area contributed by atoms with Crippen LogP contribution in [0.15, 0.2) is 0 Å². The smallest absolute Gasteiger partial charge is 0.374 e. The standard InChI is InChI=1S/C6H10FNO4S/c7-13(11,12)8-3-1-2-5(4-8)6(9)10/h5H,1-4H2,(H,9,10). The lowest BCUT2D eigenvalue weighted by Crippen LogP contribution is -2.40. The molecule has 1 saturated heterocycles. The minimum Gasteiger partial charge on any atom is -0.481 e. The summed E-state index contributed by atoms with van der Waals surface area (Å²) in [5.41, 5.74) is 0. The molecule has 0 aromatic carbocycles. The Morgan fingerprint density at radius 2 is 2.15 bits per heavy atom. The van der Waals surface area contributed by atoms with Gasteiger partial charge in [0.15, 0.2) is 0 Å². The van der Waals surface area contributed by atoms with E-state index in [2.05, 4.69) is 0 Å². The molecule has 1 N–H and O–H groups in total. The number of nitrogens with zero attached hydrogens (tertiary/aromatic N) is 1. The van der Waals surface area contributed by atoms with E-state index >= 15 is 0 Å². The number of hydrogen-bond donors (Lipinski definition) is 1. The Labute approximate surface area is 75.5 Å². The van der Waals surface area contributed by atoms with Gasteiger partial charge in [-0.15, -0.1) is 0 Å². The molecule has 1 aliphatic heterocycles. The van der Waals surface area contributed by atoms with Crippen molar-refractivity contribution in [3.8, 4) is 0 Å². The molecule has 7 heteroatoms. The van der Waals surface area contributed by atoms with Gasteiger partial charge >= 0.3 is 16.4 Å². The largest absolute Gasteiger partial charge is 0.481 e. The molecule has 0 aromatic rings. The number of hydrogen-bond acceptors (Lipinski definition) is 3. The quantitative estimate of drug-likeness (QED) is 0.652. The summed E-state index contributed by atoms with van der Waals surface area (Å²) in [7, 11) is -4.72. The van der Waals surface area contributed by atoms with Gasteiger partial charge in [0.1, 0.15) is 0 Å². The van der Waals surface area contributed by atoms with Crippen LogP contribution >= 0.6 is 0 Å². The number of aliphatic carboxylic acids is 1. The van der Waals surface area contributed by atoms with Crippen LogP contribution in [0.2, 0.25) is 0 Å². The van der Waals surface area contributed by atoms with Crippen LogP contribution in [0.5, 0.6) is 0 Å². The summed E-state index contributed by atoms with van der Waals surface area (Å²) < 4.78 is 33.8. The van der Waals surface area contributed by atoms with E-state index < -0.39 is 22.3 Å². The fraction of sp³-hybridized carbons (Fsp3) is 0.833. The van der Waals surface area contributed by atoms with Gasteiger partial charge in [0.05, 0.1) is 5.92 Å². The summed E-state index contributed by atoms with van der Waals surface area (Å²) >= 11 is 0. The third-order valence-corrected chi connectivity index (χ3v) is 2.99. The van der Waals surface area contributed by atoms with Crippen LogP contribution in [-0.2, 0) is 15.2 Å². The van der Waals surface area contributed by atoms with Crippen LogP contribution in [0, 0.1) is 5.92 Å². The molecular weight excluding hydrogens is 201 g/mol. The lowest BCUT2D eigenvalue weighted by Gasteiger charge is -2.26. The van der Waals surface area contributed by atoms with E-state index in [9.17, 15) is 17.1 Å². The number of carboxylic acid groups (broad SMARTS) is 1. The minimum absolute atomic E-state index is 0.0720. The first kappa shape index (κ1) is 10.4. The van der Waals surface area contributed by atoms with Gasteiger partial charge in [0, 0.05) is 13.1 Å². The first-order chi connectivity index (χ1) is 5.91. The molecule has 0 bridgehead atoms. The monoisotopic (exact) mass is 211 g/mol. The average molecular weight is 211 g/mol. The van der Waals surface area contributed by atoms with E-state index in [1.807, 2.05) is 0 Å². The first-order valence-electron chi connectivity index (χ1n) is 3.84. The molecule has 1 fully saturated rings. The molecule has 1 heterocycles. The summed E-state index contributed by atoms with van der Waals surface area (Å²) in [6.07, 6.45) is 0.793. The molecular formula is C6H10FNO4S. The maximum atomic E-state index is 12.4. The number of piperidine rings is 1. The summed E-state index contributed by atoms with van der Waals surface area (Å²) in [5, 5.41) is 8.58. The van der Waals surface area contributed by atoms with Crippen LogP contribution in [-0.4, -0.2) is 36.9 Å². The Morgan fingerprint density at radius 3 is 2.62 bits per heavy atom.